The predicted molar refractivity (Wildman–Crippen MR) is 104 cm³/mol. The van der Waals surface area contributed by atoms with E-state index >= 15 is 0 Å². The molecule has 0 radical (unpaired) electrons. The van der Waals surface area contributed by atoms with Crippen LogP contribution in [-0.2, 0) is 17.9 Å². The Morgan fingerprint density at radius 2 is 1.57 bits per heavy atom. The molecule has 1 aliphatic heterocycles. The predicted octanol–water partition coefficient (Wildman–Crippen LogP) is 1.85. The van der Waals surface area contributed by atoms with Crippen molar-refractivity contribution >= 4 is 5.91 Å². The van der Waals surface area contributed by atoms with E-state index in [0.29, 0.717) is 18.7 Å². The highest BCUT2D eigenvalue weighted by Gasteiger charge is 2.23. The molecule has 1 aliphatic rings. The molecule has 0 unspecified atom stereocenters. The standard InChI is InChI=1S/C21H22N4O3/c26-19(16-25-21(27)28-20(22-25)18-9-5-2-6-10-18)24-13-11-23(12-14-24)15-17-7-3-1-4-8-17/h1-10H,11-16H2. The molecule has 1 saturated heterocycles. The topological polar surface area (TPSA) is 71.6 Å². The van der Waals surface area contributed by atoms with Crippen molar-refractivity contribution in [1.82, 2.24) is 19.6 Å². The molecule has 2 heterocycles. The second kappa shape index (κ2) is 8.22. The Hall–Kier alpha value is -3.19. The van der Waals surface area contributed by atoms with Crippen LogP contribution in [0.2, 0.25) is 0 Å². The van der Waals surface area contributed by atoms with Gasteiger partial charge in [0.15, 0.2) is 0 Å². The molecule has 0 atom stereocenters. The highest BCUT2D eigenvalue weighted by atomic mass is 16.4. The van der Waals surface area contributed by atoms with Crippen molar-refractivity contribution in [1.29, 1.82) is 0 Å². The van der Waals surface area contributed by atoms with Gasteiger partial charge in [-0.25, -0.2) is 4.79 Å². The van der Waals surface area contributed by atoms with E-state index in [1.54, 1.807) is 4.90 Å². The van der Waals surface area contributed by atoms with Crippen molar-refractivity contribution < 1.29 is 9.21 Å². The number of aromatic nitrogens is 2. The van der Waals surface area contributed by atoms with E-state index in [2.05, 4.69) is 22.1 Å². The minimum atomic E-state index is -0.616. The van der Waals surface area contributed by atoms with Crippen LogP contribution in [0.15, 0.2) is 69.9 Å². The number of nitrogens with zero attached hydrogens (tertiary/aromatic N) is 4. The fourth-order valence-electron chi connectivity index (χ4n) is 3.33. The van der Waals surface area contributed by atoms with Gasteiger partial charge in [0, 0.05) is 38.3 Å². The summed E-state index contributed by atoms with van der Waals surface area (Å²) >= 11 is 0. The molecule has 0 spiro atoms. The molecule has 0 saturated carbocycles. The van der Waals surface area contributed by atoms with E-state index < -0.39 is 5.76 Å². The van der Waals surface area contributed by atoms with Crippen molar-refractivity contribution in [2.75, 3.05) is 26.2 Å². The van der Waals surface area contributed by atoms with E-state index in [-0.39, 0.29) is 18.3 Å². The van der Waals surface area contributed by atoms with E-state index in [0.717, 1.165) is 24.3 Å². The summed E-state index contributed by atoms with van der Waals surface area (Å²) in [5.41, 5.74) is 1.98. The number of piperazine rings is 1. The third-order valence-electron chi connectivity index (χ3n) is 4.89. The van der Waals surface area contributed by atoms with Crippen molar-refractivity contribution in [2.45, 2.75) is 13.1 Å². The highest BCUT2D eigenvalue weighted by molar-refractivity contribution is 5.76. The lowest BCUT2D eigenvalue weighted by atomic mass is 10.2. The first-order valence-electron chi connectivity index (χ1n) is 9.36. The van der Waals surface area contributed by atoms with Crippen molar-refractivity contribution in [2.24, 2.45) is 0 Å². The molecule has 0 aliphatic carbocycles. The molecule has 1 amide bonds. The van der Waals surface area contributed by atoms with Crippen LogP contribution in [0.3, 0.4) is 0 Å². The average Bonchev–Trinajstić information content (AvgIpc) is 3.10. The Balaban J connectivity index is 1.34. The molecule has 7 nitrogen and oxygen atoms in total. The Morgan fingerprint density at radius 3 is 2.25 bits per heavy atom. The number of benzene rings is 2. The third kappa shape index (κ3) is 4.20. The molecule has 1 aromatic heterocycles. The summed E-state index contributed by atoms with van der Waals surface area (Å²) in [7, 11) is 0. The number of carbonyl (C=O) groups excluding carboxylic acids is 1. The maximum atomic E-state index is 12.6. The fourth-order valence-corrected chi connectivity index (χ4v) is 3.33. The maximum Gasteiger partial charge on any atom is 0.437 e. The van der Waals surface area contributed by atoms with Crippen LogP contribution in [0.1, 0.15) is 5.56 Å². The van der Waals surface area contributed by atoms with Crippen LogP contribution in [-0.4, -0.2) is 51.7 Å². The van der Waals surface area contributed by atoms with Crippen LogP contribution < -0.4 is 5.76 Å². The van der Waals surface area contributed by atoms with Gasteiger partial charge in [-0.2, -0.15) is 4.68 Å². The SMILES string of the molecule is O=C(Cn1nc(-c2ccccc2)oc1=O)N1CCN(Cc2ccccc2)CC1. The van der Waals surface area contributed by atoms with E-state index in [1.807, 2.05) is 48.5 Å². The Morgan fingerprint density at radius 1 is 0.929 bits per heavy atom. The van der Waals surface area contributed by atoms with Gasteiger partial charge in [0.2, 0.25) is 11.8 Å². The molecule has 1 fully saturated rings. The van der Waals surface area contributed by atoms with Crippen LogP contribution in [0.25, 0.3) is 11.5 Å². The van der Waals surface area contributed by atoms with Crippen molar-refractivity contribution in [3.8, 4) is 11.5 Å². The van der Waals surface area contributed by atoms with Gasteiger partial charge in [0.05, 0.1) is 0 Å². The summed E-state index contributed by atoms with van der Waals surface area (Å²) in [6, 6.07) is 19.5. The lowest BCUT2D eigenvalue weighted by Gasteiger charge is -2.34. The Labute approximate surface area is 162 Å². The second-order valence-electron chi connectivity index (χ2n) is 6.84. The molecule has 28 heavy (non-hydrogen) atoms. The first-order valence-corrected chi connectivity index (χ1v) is 9.36. The van der Waals surface area contributed by atoms with Crippen LogP contribution in [0, 0.1) is 0 Å². The summed E-state index contributed by atoms with van der Waals surface area (Å²) in [6.07, 6.45) is 0. The maximum absolute atomic E-state index is 12.6. The summed E-state index contributed by atoms with van der Waals surface area (Å²) in [5.74, 6) is -0.504. The van der Waals surface area contributed by atoms with Crippen LogP contribution in [0.4, 0.5) is 0 Å². The van der Waals surface area contributed by atoms with Gasteiger partial charge < -0.3 is 9.32 Å². The van der Waals surface area contributed by atoms with Gasteiger partial charge in [-0.3, -0.25) is 9.69 Å². The zero-order valence-corrected chi connectivity index (χ0v) is 15.5. The largest absolute Gasteiger partial charge is 0.437 e. The monoisotopic (exact) mass is 378 g/mol. The van der Waals surface area contributed by atoms with Crippen molar-refractivity contribution in [3.63, 3.8) is 0 Å². The highest BCUT2D eigenvalue weighted by Crippen LogP contribution is 2.14. The van der Waals surface area contributed by atoms with Gasteiger partial charge in [-0.05, 0) is 17.7 Å². The molecular weight excluding hydrogens is 356 g/mol. The quantitative estimate of drug-likeness (QED) is 0.678. The molecular formula is C21H22N4O3. The average molecular weight is 378 g/mol. The van der Waals surface area contributed by atoms with Gasteiger partial charge >= 0.3 is 5.76 Å². The molecule has 0 bridgehead atoms. The second-order valence-corrected chi connectivity index (χ2v) is 6.84. The molecule has 0 N–H and O–H groups in total. The number of amides is 1. The van der Waals surface area contributed by atoms with Gasteiger partial charge in [-0.15, -0.1) is 5.10 Å². The summed E-state index contributed by atoms with van der Waals surface area (Å²) in [4.78, 5) is 28.7. The molecule has 7 heteroatoms. The van der Waals surface area contributed by atoms with Gasteiger partial charge in [-0.1, -0.05) is 48.5 Å². The Kier molecular flexibility index (Phi) is 5.34. The zero-order chi connectivity index (χ0) is 19.3. The number of rotatable bonds is 5. The van der Waals surface area contributed by atoms with Crippen LogP contribution in [0.5, 0.6) is 0 Å². The van der Waals surface area contributed by atoms with Crippen LogP contribution >= 0.6 is 0 Å². The van der Waals surface area contributed by atoms with Gasteiger partial charge in [0.25, 0.3) is 0 Å². The normalized spacial score (nSPS) is 14.9. The van der Waals surface area contributed by atoms with E-state index in [1.165, 1.54) is 5.56 Å². The summed E-state index contributed by atoms with van der Waals surface area (Å²) < 4.78 is 6.29. The smallest absolute Gasteiger partial charge is 0.388 e. The van der Waals surface area contributed by atoms with Gasteiger partial charge in [0.1, 0.15) is 6.54 Å². The molecule has 144 valence electrons. The molecule has 4 rings (SSSR count). The lowest BCUT2D eigenvalue weighted by molar-refractivity contribution is -0.134. The summed E-state index contributed by atoms with van der Waals surface area (Å²) in [6.45, 7) is 3.68. The Bertz CT molecular complexity index is 974. The number of hydrogen-bond acceptors (Lipinski definition) is 5. The molecule has 2 aromatic carbocycles. The first-order chi connectivity index (χ1) is 13.7. The van der Waals surface area contributed by atoms with E-state index in [9.17, 15) is 9.59 Å². The zero-order valence-electron chi connectivity index (χ0n) is 15.5. The lowest BCUT2D eigenvalue weighted by Crippen LogP contribution is -2.49. The minimum absolute atomic E-state index is 0.103. The molecule has 3 aromatic rings. The number of hydrogen-bond donors (Lipinski definition) is 0. The third-order valence-corrected chi connectivity index (χ3v) is 4.89. The summed E-state index contributed by atoms with van der Waals surface area (Å²) in [5, 5.41) is 4.17. The first kappa shape index (κ1) is 18.2. The van der Waals surface area contributed by atoms with E-state index in [4.69, 9.17) is 4.42 Å². The fraction of sp³-hybridized carbons (Fsp3) is 0.286. The van der Waals surface area contributed by atoms with Crippen molar-refractivity contribution in [3.05, 3.63) is 76.8 Å². The number of carbonyl (C=O) groups is 1. The minimum Gasteiger partial charge on any atom is -0.388 e.